The van der Waals surface area contributed by atoms with Gasteiger partial charge in [-0.05, 0) is 12.0 Å². The number of carbonyl (C=O) groups is 2. The number of Topliss-reactive ketones (excluding diaryl/α,β-unsaturated/α-hetero) is 1. The summed E-state index contributed by atoms with van der Waals surface area (Å²) in [5.41, 5.74) is 1.39. The van der Waals surface area contributed by atoms with Crippen LogP contribution in [0.4, 0.5) is 5.82 Å². The maximum Gasteiger partial charge on any atom is 0.245 e. The van der Waals surface area contributed by atoms with Crippen molar-refractivity contribution in [3.05, 3.63) is 59.8 Å². The van der Waals surface area contributed by atoms with Crippen molar-refractivity contribution < 1.29 is 14.7 Å². The number of amides is 1. The number of hydrogen-bond donors (Lipinski definition) is 2. The second kappa shape index (κ2) is 8.17. The van der Waals surface area contributed by atoms with E-state index in [0.717, 1.165) is 5.56 Å². The number of benzene rings is 1. The highest BCUT2D eigenvalue weighted by molar-refractivity contribution is 5.98. The number of hydrogen-bond acceptors (Lipinski definition) is 7. The van der Waals surface area contributed by atoms with E-state index in [1.165, 1.54) is 11.8 Å². The van der Waals surface area contributed by atoms with E-state index in [-0.39, 0.29) is 17.5 Å². The average molecular weight is 409 g/mol. The number of aromatic nitrogens is 5. The zero-order valence-corrected chi connectivity index (χ0v) is 16.8. The van der Waals surface area contributed by atoms with E-state index < -0.39 is 12.3 Å². The molecular weight excluding hydrogens is 386 g/mol. The molecule has 2 aromatic heterocycles. The van der Waals surface area contributed by atoms with Crippen molar-refractivity contribution in [2.45, 2.75) is 38.7 Å². The van der Waals surface area contributed by atoms with Crippen LogP contribution in [0.3, 0.4) is 0 Å². The number of nitrogens with zero attached hydrogens (tertiary/aromatic N) is 6. The predicted octanol–water partition coefficient (Wildman–Crippen LogP) is 0.741. The van der Waals surface area contributed by atoms with Crippen LogP contribution in [0, 0.1) is 0 Å². The predicted molar refractivity (Wildman–Crippen MR) is 108 cm³/mol. The van der Waals surface area contributed by atoms with Gasteiger partial charge in [0, 0.05) is 26.6 Å². The minimum absolute atomic E-state index is 0.154. The lowest BCUT2D eigenvalue weighted by Crippen LogP contribution is -2.45. The molecule has 1 aliphatic heterocycles. The summed E-state index contributed by atoms with van der Waals surface area (Å²) in [4.78, 5) is 30.1. The average Bonchev–Trinajstić information content (AvgIpc) is 3.36. The Balaban J connectivity index is 1.43. The smallest absolute Gasteiger partial charge is 0.245 e. The van der Waals surface area contributed by atoms with Gasteiger partial charge in [0.15, 0.2) is 17.8 Å². The molecule has 30 heavy (non-hydrogen) atoms. The van der Waals surface area contributed by atoms with Gasteiger partial charge in [0.1, 0.15) is 17.8 Å². The molecule has 3 heterocycles. The lowest BCUT2D eigenvalue weighted by Gasteiger charge is -2.22. The molecule has 10 nitrogen and oxygen atoms in total. The third-order valence-electron chi connectivity index (χ3n) is 5.07. The molecule has 1 aromatic carbocycles. The summed E-state index contributed by atoms with van der Waals surface area (Å²) in [5, 5.41) is 22.0. The first kappa shape index (κ1) is 19.9. The Morgan fingerprint density at radius 1 is 1.30 bits per heavy atom. The number of anilines is 1. The maximum absolute atomic E-state index is 12.9. The van der Waals surface area contributed by atoms with Gasteiger partial charge in [-0.3, -0.25) is 19.8 Å². The second-order valence-corrected chi connectivity index (χ2v) is 7.26. The van der Waals surface area contributed by atoms with Crippen molar-refractivity contribution in [3.8, 4) is 0 Å². The van der Waals surface area contributed by atoms with Gasteiger partial charge in [0.25, 0.3) is 0 Å². The molecule has 0 saturated carbocycles. The van der Waals surface area contributed by atoms with Gasteiger partial charge in [-0.25, -0.2) is 14.3 Å². The maximum atomic E-state index is 12.9. The minimum atomic E-state index is -1.19. The van der Waals surface area contributed by atoms with Crippen LogP contribution in [0.5, 0.6) is 0 Å². The molecule has 0 spiro atoms. The lowest BCUT2D eigenvalue weighted by molar-refractivity contribution is -0.121. The van der Waals surface area contributed by atoms with E-state index in [1.54, 1.807) is 28.8 Å². The summed E-state index contributed by atoms with van der Waals surface area (Å²) in [5.74, 6) is 0.363. The Labute approximate surface area is 173 Å². The number of nitrogens with one attached hydrogen (secondary N) is 1. The first-order chi connectivity index (χ1) is 14.4. The summed E-state index contributed by atoms with van der Waals surface area (Å²) in [6.07, 6.45) is 0.757. The van der Waals surface area contributed by atoms with Crippen molar-refractivity contribution >= 4 is 17.5 Å². The van der Waals surface area contributed by atoms with Crippen molar-refractivity contribution in [3.63, 3.8) is 0 Å². The van der Waals surface area contributed by atoms with Gasteiger partial charge >= 0.3 is 0 Å². The van der Waals surface area contributed by atoms with Crippen LogP contribution >= 0.6 is 0 Å². The molecule has 2 N–H and O–H groups in total. The van der Waals surface area contributed by atoms with Gasteiger partial charge in [0.2, 0.25) is 5.91 Å². The summed E-state index contributed by atoms with van der Waals surface area (Å²) in [6.45, 7) is 2.40. The van der Waals surface area contributed by atoms with Crippen molar-refractivity contribution in [2.75, 3.05) is 11.9 Å². The van der Waals surface area contributed by atoms with Gasteiger partial charge < -0.3 is 5.11 Å². The number of likely N-dealkylation sites (N-methyl/N-ethyl adjacent to an activating group) is 1. The zero-order chi connectivity index (χ0) is 21.3. The summed E-state index contributed by atoms with van der Waals surface area (Å²) in [6, 6.07) is 10.8. The van der Waals surface area contributed by atoms with E-state index in [9.17, 15) is 14.7 Å². The Hall–Kier alpha value is -3.37. The van der Waals surface area contributed by atoms with E-state index in [1.807, 2.05) is 30.3 Å². The summed E-state index contributed by atoms with van der Waals surface area (Å²) in [7, 11) is 1.62. The number of aryl methyl sites for hydroxylation is 1. The van der Waals surface area contributed by atoms with E-state index in [4.69, 9.17) is 0 Å². The molecular formula is C20H23N7O3. The Morgan fingerprint density at radius 3 is 2.80 bits per heavy atom. The molecule has 156 valence electrons. The molecule has 0 fully saturated rings. The third-order valence-corrected chi connectivity index (χ3v) is 5.07. The number of ketones is 1. The monoisotopic (exact) mass is 409 g/mol. The molecule has 0 aliphatic carbocycles. The van der Waals surface area contributed by atoms with Crippen molar-refractivity contribution in [2.24, 2.45) is 0 Å². The SMILES string of the molecule is CC(=O)c1cc2n(n1)CC[C@H](NC(O)c1ncn(Cc3ccccc3)n1)C(=O)N2C. The topological polar surface area (TPSA) is 118 Å². The molecule has 1 unspecified atom stereocenters. The minimum Gasteiger partial charge on any atom is -0.371 e. The van der Waals surface area contributed by atoms with Crippen LogP contribution in [-0.4, -0.2) is 54.4 Å². The number of fused-ring (bicyclic) bond motifs is 1. The molecule has 0 bridgehead atoms. The number of aliphatic hydroxyl groups is 1. The molecule has 2 atom stereocenters. The first-order valence-corrected chi connectivity index (χ1v) is 9.66. The molecule has 0 saturated heterocycles. The number of carbonyl (C=O) groups excluding carboxylic acids is 2. The van der Waals surface area contributed by atoms with Crippen LogP contribution in [0.15, 0.2) is 42.7 Å². The molecule has 0 radical (unpaired) electrons. The fourth-order valence-electron chi connectivity index (χ4n) is 3.44. The highest BCUT2D eigenvalue weighted by Crippen LogP contribution is 2.22. The summed E-state index contributed by atoms with van der Waals surface area (Å²) >= 11 is 0. The van der Waals surface area contributed by atoms with Crippen LogP contribution in [0.2, 0.25) is 0 Å². The normalized spacial score (nSPS) is 17.5. The third kappa shape index (κ3) is 4.00. The quantitative estimate of drug-likeness (QED) is 0.455. The van der Waals surface area contributed by atoms with Gasteiger partial charge in [0.05, 0.1) is 12.6 Å². The van der Waals surface area contributed by atoms with E-state index in [0.29, 0.717) is 31.0 Å². The van der Waals surface area contributed by atoms with Crippen LogP contribution in [0.1, 0.15) is 41.4 Å². The molecule has 1 aliphatic rings. The molecule has 3 aromatic rings. The van der Waals surface area contributed by atoms with Gasteiger partial charge in [-0.2, -0.15) is 10.2 Å². The van der Waals surface area contributed by atoms with Crippen LogP contribution in [0.25, 0.3) is 0 Å². The van der Waals surface area contributed by atoms with E-state index in [2.05, 4.69) is 20.5 Å². The van der Waals surface area contributed by atoms with Gasteiger partial charge in [-0.1, -0.05) is 30.3 Å². The second-order valence-electron chi connectivity index (χ2n) is 7.26. The number of aliphatic hydroxyl groups excluding tert-OH is 1. The standard InChI is InChI=1S/C20H23N7O3/c1-13(28)16-10-17-25(2)20(30)15(8-9-27(17)23-16)22-19(29)18-21-12-26(24-18)11-14-6-4-3-5-7-14/h3-7,10,12,15,19,22,29H,8-9,11H2,1-2H3/t15-,19?/m0/s1. The lowest BCUT2D eigenvalue weighted by atomic mass is 10.2. The Bertz CT molecular complexity index is 1060. The number of rotatable bonds is 6. The van der Waals surface area contributed by atoms with Crippen molar-refractivity contribution in [1.82, 2.24) is 29.9 Å². The van der Waals surface area contributed by atoms with Crippen LogP contribution < -0.4 is 10.2 Å². The fraction of sp³-hybridized carbons (Fsp3) is 0.350. The molecule has 1 amide bonds. The van der Waals surface area contributed by atoms with E-state index >= 15 is 0 Å². The highest BCUT2D eigenvalue weighted by atomic mass is 16.3. The largest absolute Gasteiger partial charge is 0.371 e. The van der Waals surface area contributed by atoms with Gasteiger partial charge in [-0.15, -0.1) is 0 Å². The Morgan fingerprint density at radius 2 is 2.07 bits per heavy atom. The summed E-state index contributed by atoms with van der Waals surface area (Å²) < 4.78 is 3.27. The zero-order valence-electron chi connectivity index (χ0n) is 16.8. The first-order valence-electron chi connectivity index (χ1n) is 9.66. The molecule has 4 rings (SSSR count). The Kier molecular flexibility index (Phi) is 5.42. The molecule has 10 heteroatoms. The van der Waals surface area contributed by atoms with Crippen molar-refractivity contribution in [1.29, 1.82) is 0 Å². The van der Waals surface area contributed by atoms with Crippen LogP contribution in [-0.2, 0) is 17.9 Å². The highest BCUT2D eigenvalue weighted by Gasteiger charge is 2.31. The fourth-order valence-corrected chi connectivity index (χ4v) is 3.44.